The maximum Gasteiger partial charge on any atom is 0.328 e. The molecule has 0 aliphatic heterocycles. The minimum atomic E-state index is -0.107. The molecule has 0 radical (unpaired) electrons. The molecule has 2 aromatic carbocycles. The van der Waals surface area contributed by atoms with Gasteiger partial charge < -0.3 is 0 Å². The molecule has 0 amide bonds. The minimum Gasteiger partial charge on any atom is -0.296 e. The van der Waals surface area contributed by atoms with Crippen molar-refractivity contribution < 1.29 is 0 Å². The molecule has 1 aliphatic carbocycles. The van der Waals surface area contributed by atoms with Crippen molar-refractivity contribution in [2.45, 2.75) is 70.9 Å². The second-order valence-electron chi connectivity index (χ2n) is 10.3. The van der Waals surface area contributed by atoms with Crippen LogP contribution >= 0.6 is 0 Å². The summed E-state index contributed by atoms with van der Waals surface area (Å²) in [6, 6.07) is 16.8. The maximum absolute atomic E-state index is 13.5. The molecule has 0 unspecified atom stereocenters. The molecule has 34 heavy (non-hydrogen) atoms. The number of imidazole rings is 1. The van der Waals surface area contributed by atoms with E-state index in [1.807, 2.05) is 27.3 Å². The molecule has 0 N–H and O–H groups in total. The summed E-state index contributed by atoms with van der Waals surface area (Å²) in [6.45, 7) is 7.12. The van der Waals surface area contributed by atoms with Crippen molar-refractivity contribution in [1.29, 1.82) is 0 Å². The van der Waals surface area contributed by atoms with Gasteiger partial charge in [0.2, 0.25) is 0 Å². The summed E-state index contributed by atoms with van der Waals surface area (Å²) in [5.41, 5.74) is 5.27. The molecule has 0 atom stereocenters. The predicted octanol–water partition coefficient (Wildman–Crippen LogP) is 5.14. The van der Waals surface area contributed by atoms with Crippen LogP contribution in [0.15, 0.2) is 65.8 Å². The lowest BCUT2D eigenvalue weighted by Gasteiger charge is -2.22. The van der Waals surface area contributed by atoms with Crippen molar-refractivity contribution in [2.24, 2.45) is 0 Å². The van der Waals surface area contributed by atoms with Gasteiger partial charge >= 0.3 is 5.69 Å². The first-order valence-corrected chi connectivity index (χ1v) is 12.2. The Labute approximate surface area is 200 Å². The van der Waals surface area contributed by atoms with E-state index in [2.05, 4.69) is 72.8 Å². The average molecular weight is 457 g/mol. The van der Waals surface area contributed by atoms with E-state index in [0.717, 1.165) is 40.9 Å². The first-order chi connectivity index (χ1) is 16.4. The van der Waals surface area contributed by atoms with Gasteiger partial charge in [-0.2, -0.15) is 4.68 Å². The average Bonchev–Trinajstić information content (AvgIpc) is 3.49. The van der Waals surface area contributed by atoms with Crippen LogP contribution in [0.5, 0.6) is 0 Å². The number of hydrogen-bond acceptors (Lipinski definition) is 4. The molecule has 2 heterocycles. The molecule has 1 fully saturated rings. The highest BCUT2D eigenvalue weighted by Gasteiger charge is 2.26. The Balaban J connectivity index is 1.46. The predicted molar refractivity (Wildman–Crippen MR) is 133 cm³/mol. The van der Waals surface area contributed by atoms with Crippen LogP contribution in [0.2, 0.25) is 0 Å². The Morgan fingerprint density at radius 1 is 0.971 bits per heavy atom. The molecule has 4 aromatic rings. The third-order valence-corrected chi connectivity index (χ3v) is 6.85. The normalized spacial score (nSPS) is 15.0. The highest BCUT2D eigenvalue weighted by atomic mass is 16.1. The Bertz CT molecular complexity index is 1300. The number of para-hydroxylation sites is 1. The van der Waals surface area contributed by atoms with Crippen LogP contribution in [0, 0.1) is 0 Å². The standard InChI is InChI=1S/C27H32N6O/c1-27(2,3)25-18-31(22-9-5-4-6-10-22)26(34)32(25)17-20-13-15-21(16-14-20)23-11-7-8-12-24(23)33-19-28-29-30-33/h7-8,11-16,18-19,22H,4-6,9-10,17H2,1-3H3. The molecule has 7 heteroatoms. The minimum absolute atomic E-state index is 0.107. The van der Waals surface area contributed by atoms with Crippen LogP contribution in [-0.4, -0.2) is 29.3 Å². The lowest BCUT2D eigenvalue weighted by atomic mass is 9.92. The summed E-state index contributed by atoms with van der Waals surface area (Å²) in [5.74, 6) is 0. The lowest BCUT2D eigenvalue weighted by Crippen LogP contribution is -2.30. The highest BCUT2D eigenvalue weighted by molar-refractivity contribution is 5.72. The maximum atomic E-state index is 13.5. The van der Waals surface area contributed by atoms with Gasteiger partial charge in [0.05, 0.1) is 12.2 Å². The van der Waals surface area contributed by atoms with E-state index in [1.54, 1.807) is 11.0 Å². The van der Waals surface area contributed by atoms with Gasteiger partial charge in [-0.3, -0.25) is 9.13 Å². The van der Waals surface area contributed by atoms with E-state index in [4.69, 9.17) is 0 Å². The summed E-state index contributed by atoms with van der Waals surface area (Å²) in [6.07, 6.45) is 9.62. The van der Waals surface area contributed by atoms with Crippen molar-refractivity contribution in [3.05, 3.63) is 82.8 Å². The SMILES string of the molecule is CC(C)(C)c1cn(C2CCCCC2)c(=O)n1Cc1ccc(-c2ccccc2-n2cnnn2)cc1. The largest absolute Gasteiger partial charge is 0.328 e. The molecule has 5 rings (SSSR count). The van der Waals surface area contributed by atoms with Gasteiger partial charge in [0.25, 0.3) is 0 Å². The topological polar surface area (TPSA) is 70.5 Å². The number of aromatic nitrogens is 6. The summed E-state index contributed by atoms with van der Waals surface area (Å²) in [7, 11) is 0. The van der Waals surface area contributed by atoms with Crippen LogP contribution in [0.25, 0.3) is 16.8 Å². The fourth-order valence-electron chi connectivity index (χ4n) is 5.03. The number of tetrazole rings is 1. The van der Waals surface area contributed by atoms with Crippen molar-refractivity contribution in [2.75, 3.05) is 0 Å². The van der Waals surface area contributed by atoms with Crippen LogP contribution < -0.4 is 5.69 Å². The molecule has 176 valence electrons. The molecular weight excluding hydrogens is 424 g/mol. The Morgan fingerprint density at radius 2 is 1.71 bits per heavy atom. The summed E-state index contributed by atoms with van der Waals surface area (Å²) in [4.78, 5) is 13.5. The van der Waals surface area contributed by atoms with Gasteiger partial charge in [-0.15, -0.1) is 5.10 Å². The molecule has 0 saturated heterocycles. The van der Waals surface area contributed by atoms with Gasteiger partial charge in [0, 0.05) is 28.9 Å². The smallest absolute Gasteiger partial charge is 0.296 e. The summed E-state index contributed by atoms with van der Waals surface area (Å²) < 4.78 is 5.65. The fraction of sp³-hybridized carbons (Fsp3) is 0.407. The van der Waals surface area contributed by atoms with E-state index in [-0.39, 0.29) is 11.1 Å². The van der Waals surface area contributed by atoms with Gasteiger partial charge in [-0.05, 0) is 40.5 Å². The molecule has 0 spiro atoms. The van der Waals surface area contributed by atoms with E-state index >= 15 is 0 Å². The second kappa shape index (κ2) is 9.05. The third-order valence-electron chi connectivity index (χ3n) is 6.85. The van der Waals surface area contributed by atoms with Crippen molar-refractivity contribution in [3.63, 3.8) is 0 Å². The van der Waals surface area contributed by atoms with Crippen molar-refractivity contribution in [1.82, 2.24) is 29.3 Å². The molecule has 7 nitrogen and oxygen atoms in total. The molecular formula is C27H32N6O. The monoisotopic (exact) mass is 456 g/mol. The molecule has 0 bridgehead atoms. The van der Waals surface area contributed by atoms with E-state index in [9.17, 15) is 4.79 Å². The van der Waals surface area contributed by atoms with E-state index < -0.39 is 0 Å². The number of hydrogen-bond donors (Lipinski definition) is 0. The van der Waals surface area contributed by atoms with Gasteiger partial charge in [-0.25, -0.2) is 4.79 Å². The lowest BCUT2D eigenvalue weighted by molar-refractivity contribution is 0.344. The zero-order valence-electron chi connectivity index (χ0n) is 20.2. The number of benzene rings is 2. The zero-order chi connectivity index (χ0) is 23.7. The van der Waals surface area contributed by atoms with Crippen LogP contribution in [0.4, 0.5) is 0 Å². The summed E-state index contributed by atoms with van der Waals surface area (Å²) in [5, 5.41) is 11.6. The second-order valence-corrected chi connectivity index (χ2v) is 10.3. The van der Waals surface area contributed by atoms with Gasteiger partial charge in [0.1, 0.15) is 6.33 Å². The fourth-order valence-corrected chi connectivity index (χ4v) is 5.03. The molecule has 1 aliphatic rings. The van der Waals surface area contributed by atoms with Crippen molar-refractivity contribution in [3.8, 4) is 16.8 Å². The highest BCUT2D eigenvalue weighted by Crippen LogP contribution is 2.30. The Kier molecular flexibility index (Phi) is 5.94. The van der Waals surface area contributed by atoms with Crippen LogP contribution in [-0.2, 0) is 12.0 Å². The number of rotatable bonds is 5. The summed E-state index contributed by atoms with van der Waals surface area (Å²) >= 11 is 0. The Hall–Kier alpha value is -3.48. The van der Waals surface area contributed by atoms with Gasteiger partial charge in [0.15, 0.2) is 0 Å². The zero-order valence-corrected chi connectivity index (χ0v) is 20.2. The third kappa shape index (κ3) is 4.34. The van der Waals surface area contributed by atoms with E-state index in [1.165, 1.54) is 19.3 Å². The van der Waals surface area contributed by atoms with E-state index in [0.29, 0.717) is 12.6 Å². The molecule has 2 aromatic heterocycles. The first-order valence-electron chi connectivity index (χ1n) is 12.2. The number of nitrogens with zero attached hydrogens (tertiary/aromatic N) is 6. The van der Waals surface area contributed by atoms with Gasteiger partial charge in [-0.1, -0.05) is 82.5 Å². The quantitative estimate of drug-likeness (QED) is 0.417. The Morgan fingerprint density at radius 3 is 2.38 bits per heavy atom. The van der Waals surface area contributed by atoms with Crippen LogP contribution in [0.3, 0.4) is 0 Å². The van der Waals surface area contributed by atoms with Crippen molar-refractivity contribution >= 4 is 0 Å². The van der Waals surface area contributed by atoms with Crippen LogP contribution in [0.1, 0.15) is 70.2 Å². The first kappa shape index (κ1) is 22.3. The molecule has 1 saturated carbocycles.